The van der Waals surface area contributed by atoms with Gasteiger partial charge in [0.05, 0.1) is 6.61 Å². The molecule has 0 unspecified atom stereocenters. The number of pyridine rings is 1. The van der Waals surface area contributed by atoms with Gasteiger partial charge in [-0.3, -0.25) is 0 Å². The van der Waals surface area contributed by atoms with Gasteiger partial charge in [0.1, 0.15) is 17.9 Å². The van der Waals surface area contributed by atoms with Crippen molar-refractivity contribution in [2.24, 2.45) is 0 Å². The Bertz CT molecular complexity index is 763. The van der Waals surface area contributed by atoms with Gasteiger partial charge in [0.2, 0.25) is 0 Å². The number of rotatable bonds is 4. The molecular formula is C18H22FNO3. The molecule has 4 nitrogen and oxygen atoms in total. The normalized spacial score (nSPS) is 11.9. The molecule has 1 aromatic heterocycles. The lowest BCUT2D eigenvalue weighted by atomic mass is 9.85. The van der Waals surface area contributed by atoms with Gasteiger partial charge in [-0.15, -0.1) is 0 Å². The average Bonchev–Trinajstić information content (AvgIpc) is 2.42. The molecule has 1 N–H and O–H groups in total. The molecule has 124 valence electrons. The van der Waals surface area contributed by atoms with Gasteiger partial charge in [-0.05, 0) is 48.1 Å². The summed E-state index contributed by atoms with van der Waals surface area (Å²) in [6, 6.07) is 3.45. The number of hydrogen-bond donors (Lipinski definition) is 1. The Morgan fingerprint density at radius 2 is 1.96 bits per heavy atom. The van der Waals surface area contributed by atoms with E-state index in [4.69, 9.17) is 9.84 Å². The summed E-state index contributed by atoms with van der Waals surface area (Å²) in [5.41, 5.74) is 3.37. The van der Waals surface area contributed by atoms with Crippen LogP contribution in [0.3, 0.4) is 0 Å². The Morgan fingerprint density at radius 1 is 1.30 bits per heavy atom. The Morgan fingerprint density at radius 3 is 2.52 bits per heavy atom. The van der Waals surface area contributed by atoms with Crippen LogP contribution in [0.15, 0.2) is 12.1 Å². The van der Waals surface area contributed by atoms with Crippen LogP contribution in [0.1, 0.15) is 43.2 Å². The monoisotopic (exact) mass is 319 g/mol. The van der Waals surface area contributed by atoms with Crippen molar-refractivity contribution in [1.29, 1.82) is 0 Å². The molecule has 0 aliphatic heterocycles. The number of ether oxygens (including phenoxy) is 1. The number of aryl methyl sites for hydroxylation is 1. The van der Waals surface area contributed by atoms with Crippen molar-refractivity contribution < 1.29 is 19.0 Å². The highest BCUT2D eigenvalue weighted by molar-refractivity contribution is 5.85. The van der Waals surface area contributed by atoms with Crippen molar-refractivity contribution in [3.05, 3.63) is 40.3 Å². The van der Waals surface area contributed by atoms with Crippen molar-refractivity contribution in [1.82, 2.24) is 4.98 Å². The van der Waals surface area contributed by atoms with Gasteiger partial charge in [-0.2, -0.15) is 0 Å². The van der Waals surface area contributed by atoms with E-state index in [1.807, 2.05) is 40.7 Å². The van der Waals surface area contributed by atoms with Crippen LogP contribution in [-0.2, 0) is 21.6 Å². The number of carbonyl (C=O) groups is 1. The molecule has 1 aromatic carbocycles. The van der Waals surface area contributed by atoms with E-state index in [1.54, 1.807) is 0 Å². The van der Waals surface area contributed by atoms with Crippen LogP contribution in [0.2, 0.25) is 0 Å². The van der Waals surface area contributed by atoms with Gasteiger partial charge < -0.3 is 9.84 Å². The number of carboxylic acids is 1. The minimum Gasteiger partial charge on any atom is -0.480 e. The number of nitrogens with zero attached hydrogens (tertiary/aromatic N) is 1. The smallest absolute Gasteiger partial charge is 0.329 e. The number of aromatic nitrogens is 1. The van der Waals surface area contributed by atoms with E-state index in [1.165, 1.54) is 6.07 Å². The number of carboxylic acid groups (broad SMARTS) is 1. The van der Waals surface area contributed by atoms with Crippen LogP contribution in [0.5, 0.6) is 0 Å². The Kier molecular flexibility index (Phi) is 4.71. The van der Waals surface area contributed by atoms with E-state index in [0.29, 0.717) is 16.6 Å². The molecule has 0 spiro atoms. The molecule has 2 rings (SSSR count). The van der Waals surface area contributed by atoms with Gasteiger partial charge in [0.25, 0.3) is 0 Å². The maximum Gasteiger partial charge on any atom is 0.329 e. The van der Waals surface area contributed by atoms with Crippen LogP contribution in [0.4, 0.5) is 4.39 Å². The third kappa shape index (κ3) is 3.67. The Balaban J connectivity index is 2.64. The predicted molar refractivity (Wildman–Crippen MR) is 87.2 cm³/mol. The summed E-state index contributed by atoms with van der Waals surface area (Å²) in [5, 5.41) is 9.41. The standard InChI is InChI=1S/C18H22FNO3/c1-10-11(2)20-17-13(14(10)8-23-9-16(21)22)6-12(7-15(17)19)18(3,4)5/h6-7H,8-9H2,1-5H3,(H,21,22). The molecule has 0 bridgehead atoms. The van der Waals surface area contributed by atoms with E-state index in [9.17, 15) is 9.18 Å². The topological polar surface area (TPSA) is 59.4 Å². The lowest BCUT2D eigenvalue weighted by Gasteiger charge is -2.21. The first-order chi connectivity index (χ1) is 10.6. The summed E-state index contributed by atoms with van der Waals surface area (Å²) in [7, 11) is 0. The van der Waals surface area contributed by atoms with E-state index in [2.05, 4.69) is 4.98 Å². The summed E-state index contributed by atoms with van der Waals surface area (Å²) in [5.74, 6) is -1.39. The van der Waals surface area contributed by atoms with Gasteiger partial charge in [0.15, 0.2) is 0 Å². The third-order valence-electron chi connectivity index (χ3n) is 4.00. The first kappa shape index (κ1) is 17.3. The molecule has 2 aromatic rings. The van der Waals surface area contributed by atoms with Crippen molar-refractivity contribution >= 4 is 16.9 Å². The summed E-state index contributed by atoms with van der Waals surface area (Å²) in [4.78, 5) is 15.0. The highest BCUT2D eigenvalue weighted by atomic mass is 19.1. The fraction of sp³-hybridized carbons (Fsp3) is 0.444. The molecule has 0 saturated carbocycles. The molecule has 0 aliphatic carbocycles. The summed E-state index contributed by atoms with van der Waals surface area (Å²) in [6.07, 6.45) is 0. The molecule has 0 atom stereocenters. The molecule has 0 radical (unpaired) electrons. The number of benzene rings is 1. The first-order valence-electron chi connectivity index (χ1n) is 7.50. The average molecular weight is 319 g/mol. The van der Waals surface area contributed by atoms with Gasteiger partial charge >= 0.3 is 5.97 Å². The van der Waals surface area contributed by atoms with Crippen molar-refractivity contribution in [3.63, 3.8) is 0 Å². The molecule has 0 aliphatic rings. The molecular weight excluding hydrogens is 297 g/mol. The molecule has 0 fully saturated rings. The zero-order valence-corrected chi connectivity index (χ0v) is 14.2. The van der Waals surface area contributed by atoms with E-state index < -0.39 is 5.97 Å². The number of hydrogen-bond acceptors (Lipinski definition) is 3. The SMILES string of the molecule is Cc1nc2c(F)cc(C(C)(C)C)cc2c(COCC(=O)O)c1C. The highest BCUT2D eigenvalue weighted by Crippen LogP contribution is 2.31. The molecule has 1 heterocycles. The Labute approximate surface area is 135 Å². The molecule has 0 amide bonds. The van der Waals surface area contributed by atoms with Crippen molar-refractivity contribution in [2.45, 2.75) is 46.6 Å². The number of fused-ring (bicyclic) bond motifs is 1. The number of aliphatic carboxylic acids is 1. The largest absolute Gasteiger partial charge is 0.480 e. The first-order valence-corrected chi connectivity index (χ1v) is 7.50. The second kappa shape index (κ2) is 6.24. The fourth-order valence-electron chi connectivity index (χ4n) is 2.47. The lowest BCUT2D eigenvalue weighted by Crippen LogP contribution is -2.13. The van der Waals surface area contributed by atoms with Gasteiger partial charge in [-0.1, -0.05) is 20.8 Å². The predicted octanol–water partition coefficient (Wildman–Crippen LogP) is 3.89. The van der Waals surface area contributed by atoms with Crippen LogP contribution in [0, 0.1) is 19.7 Å². The quantitative estimate of drug-likeness (QED) is 0.929. The third-order valence-corrected chi connectivity index (χ3v) is 4.00. The number of halogens is 1. The molecule has 0 saturated heterocycles. The second-order valence-electron chi connectivity index (χ2n) is 6.79. The van der Waals surface area contributed by atoms with Crippen molar-refractivity contribution in [3.8, 4) is 0 Å². The Hall–Kier alpha value is -2.01. The fourth-order valence-corrected chi connectivity index (χ4v) is 2.47. The summed E-state index contributed by atoms with van der Waals surface area (Å²) >= 11 is 0. The van der Waals surface area contributed by atoms with Crippen LogP contribution < -0.4 is 0 Å². The van der Waals surface area contributed by atoms with Crippen LogP contribution >= 0.6 is 0 Å². The van der Waals surface area contributed by atoms with E-state index in [-0.39, 0.29) is 24.4 Å². The molecule has 5 heteroatoms. The highest BCUT2D eigenvalue weighted by Gasteiger charge is 2.20. The maximum atomic E-state index is 14.5. The van der Waals surface area contributed by atoms with Crippen molar-refractivity contribution in [2.75, 3.05) is 6.61 Å². The lowest BCUT2D eigenvalue weighted by molar-refractivity contribution is -0.142. The maximum absolute atomic E-state index is 14.5. The molecule has 23 heavy (non-hydrogen) atoms. The summed E-state index contributed by atoms with van der Waals surface area (Å²) in [6.45, 7) is 9.48. The zero-order chi connectivity index (χ0) is 17.4. The van der Waals surface area contributed by atoms with Gasteiger partial charge in [-0.25, -0.2) is 14.2 Å². The van der Waals surface area contributed by atoms with E-state index in [0.717, 1.165) is 16.7 Å². The zero-order valence-electron chi connectivity index (χ0n) is 14.2. The minimum absolute atomic E-state index is 0.116. The van der Waals surface area contributed by atoms with Crippen LogP contribution in [-0.4, -0.2) is 22.7 Å². The summed E-state index contributed by atoms with van der Waals surface area (Å²) < 4.78 is 19.8. The van der Waals surface area contributed by atoms with Crippen LogP contribution in [0.25, 0.3) is 10.9 Å². The minimum atomic E-state index is -1.03. The van der Waals surface area contributed by atoms with E-state index >= 15 is 0 Å². The second-order valence-corrected chi connectivity index (χ2v) is 6.79. The van der Waals surface area contributed by atoms with Gasteiger partial charge in [0, 0.05) is 11.1 Å².